The number of nitrogens with two attached hydrogens (primary N) is 1. The van der Waals surface area contributed by atoms with Crippen molar-refractivity contribution in [3.05, 3.63) is 28.2 Å². The van der Waals surface area contributed by atoms with Gasteiger partial charge < -0.3 is 16.0 Å². The van der Waals surface area contributed by atoms with E-state index in [-0.39, 0.29) is 5.91 Å². The van der Waals surface area contributed by atoms with Gasteiger partial charge in [-0.2, -0.15) is 0 Å². The van der Waals surface area contributed by atoms with Crippen LogP contribution in [0.4, 0.5) is 5.69 Å². The Morgan fingerprint density at radius 3 is 3.00 bits per heavy atom. The number of carbonyl (C=O) groups excluding carboxylic acids is 1. The van der Waals surface area contributed by atoms with Crippen LogP contribution >= 0.6 is 15.9 Å². The van der Waals surface area contributed by atoms with Crippen molar-refractivity contribution >= 4 is 27.5 Å². The Morgan fingerprint density at radius 1 is 1.50 bits per heavy atom. The van der Waals surface area contributed by atoms with Gasteiger partial charge >= 0.3 is 0 Å². The van der Waals surface area contributed by atoms with Crippen LogP contribution in [0.25, 0.3) is 0 Å². The van der Waals surface area contributed by atoms with Gasteiger partial charge in [-0.25, -0.2) is 0 Å². The van der Waals surface area contributed by atoms with Crippen molar-refractivity contribution in [2.45, 2.75) is 6.54 Å². The minimum absolute atomic E-state index is 0.0641. The lowest BCUT2D eigenvalue weighted by Gasteiger charge is -2.30. The summed E-state index contributed by atoms with van der Waals surface area (Å²) >= 11 is 3.44. The van der Waals surface area contributed by atoms with E-state index in [0.29, 0.717) is 19.6 Å². The number of hydrogen-bond donors (Lipinski definition) is 2. The SMILES string of the molecule is NCc1ccc(Br)cc1N1CCNC(=O)C1. The number of nitrogens with zero attached hydrogens (tertiary/aromatic N) is 1. The molecule has 86 valence electrons. The second kappa shape index (κ2) is 4.84. The largest absolute Gasteiger partial charge is 0.360 e. The second-order valence-corrected chi connectivity index (χ2v) is 4.66. The molecule has 0 bridgehead atoms. The molecular formula is C11H14BrN3O. The monoisotopic (exact) mass is 283 g/mol. The van der Waals surface area contributed by atoms with Gasteiger partial charge in [-0.1, -0.05) is 22.0 Å². The fourth-order valence-electron chi connectivity index (χ4n) is 1.85. The smallest absolute Gasteiger partial charge is 0.239 e. The van der Waals surface area contributed by atoms with Crippen molar-refractivity contribution in [1.82, 2.24) is 5.32 Å². The van der Waals surface area contributed by atoms with Gasteiger partial charge in [0.05, 0.1) is 6.54 Å². The number of carbonyl (C=O) groups is 1. The highest BCUT2D eigenvalue weighted by Crippen LogP contribution is 2.25. The molecule has 5 heteroatoms. The third kappa shape index (κ3) is 2.36. The number of nitrogens with one attached hydrogen (secondary N) is 1. The van der Waals surface area contributed by atoms with Crippen molar-refractivity contribution < 1.29 is 4.79 Å². The van der Waals surface area contributed by atoms with Crippen molar-refractivity contribution in [2.24, 2.45) is 5.73 Å². The fraction of sp³-hybridized carbons (Fsp3) is 0.364. The van der Waals surface area contributed by atoms with E-state index in [1.807, 2.05) is 18.2 Å². The number of amides is 1. The van der Waals surface area contributed by atoms with E-state index < -0.39 is 0 Å². The quantitative estimate of drug-likeness (QED) is 0.846. The van der Waals surface area contributed by atoms with Gasteiger partial charge in [0.1, 0.15) is 0 Å². The van der Waals surface area contributed by atoms with Crippen LogP contribution in [-0.2, 0) is 11.3 Å². The van der Waals surface area contributed by atoms with Gasteiger partial charge in [-0.15, -0.1) is 0 Å². The highest BCUT2D eigenvalue weighted by atomic mass is 79.9. The molecule has 1 aromatic rings. The number of benzene rings is 1. The topological polar surface area (TPSA) is 58.4 Å². The molecular weight excluding hydrogens is 270 g/mol. The molecule has 0 aromatic heterocycles. The van der Waals surface area contributed by atoms with Crippen LogP contribution in [-0.4, -0.2) is 25.5 Å². The average molecular weight is 284 g/mol. The number of hydrogen-bond acceptors (Lipinski definition) is 3. The van der Waals surface area contributed by atoms with Gasteiger partial charge in [0, 0.05) is 29.8 Å². The van der Waals surface area contributed by atoms with Crippen LogP contribution in [0.15, 0.2) is 22.7 Å². The number of halogens is 1. The summed E-state index contributed by atoms with van der Waals surface area (Å²) < 4.78 is 1.01. The Kier molecular flexibility index (Phi) is 3.46. The Hall–Kier alpha value is -1.07. The Bertz CT molecular complexity index is 408. The summed E-state index contributed by atoms with van der Waals surface area (Å²) in [6, 6.07) is 5.97. The zero-order valence-electron chi connectivity index (χ0n) is 8.87. The normalized spacial score (nSPS) is 16.1. The van der Waals surface area contributed by atoms with E-state index in [2.05, 4.69) is 26.1 Å². The van der Waals surface area contributed by atoms with Crippen molar-refractivity contribution in [3.8, 4) is 0 Å². The molecule has 16 heavy (non-hydrogen) atoms. The molecule has 0 radical (unpaired) electrons. The van der Waals surface area contributed by atoms with Gasteiger partial charge in [-0.05, 0) is 17.7 Å². The Balaban J connectivity index is 2.30. The first kappa shape index (κ1) is 11.4. The van der Waals surface area contributed by atoms with Crippen LogP contribution in [0.3, 0.4) is 0 Å². The van der Waals surface area contributed by atoms with E-state index >= 15 is 0 Å². The zero-order chi connectivity index (χ0) is 11.5. The molecule has 1 heterocycles. The van der Waals surface area contributed by atoms with Gasteiger partial charge in [0.15, 0.2) is 0 Å². The molecule has 3 N–H and O–H groups in total. The molecule has 1 amide bonds. The first-order chi connectivity index (χ1) is 7.70. The lowest BCUT2D eigenvalue weighted by Crippen LogP contribution is -2.48. The van der Waals surface area contributed by atoms with Crippen LogP contribution in [0.2, 0.25) is 0 Å². The maximum Gasteiger partial charge on any atom is 0.239 e. The summed E-state index contributed by atoms with van der Waals surface area (Å²) in [7, 11) is 0. The maximum atomic E-state index is 11.3. The fourth-order valence-corrected chi connectivity index (χ4v) is 2.20. The maximum absolute atomic E-state index is 11.3. The van der Waals surface area contributed by atoms with Crippen molar-refractivity contribution in [1.29, 1.82) is 0 Å². The van der Waals surface area contributed by atoms with Gasteiger partial charge in [0.25, 0.3) is 0 Å². The molecule has 0 aliphatic carbocycles. The van der Waals surface area contributed by atoms with E-state index in [9.17, 15) is 4.79 Å². The van der Waals surface area contributed by atoms with Crippen molar-refractivity contribution in [3.63, 3.8) is 0 Å². The van der Waals surface area contributed by atoms with Crippen LogP contribution in [0.1, 0.15) is 5.56 Å². The third-order valence-corrected chi connectivity index (χ3v) is 3.14. The zero-order valence-corrected chi connectivity index (χ0v) is 10.5. The summed E-state index contributed by atoms with van der Waals surface area (Å²) in [6.07, 6.45) is 0. The third-order valence-electron chi connectivity index (χ3n) is 2.65. The Morgan fingerprint density at radius 2 is 2.31 bits per heavy atom. The van der Waals surface area contributed by atoms with Gasteiger partial charge in [0.2, 0.25) is 5.91 Å². The van der Waals surface area contributed by atoms with Crippen molar-refractivity contribution in [2.75, 3.05) is 24.5 Å². The predicted octanol–water partition coefficient (Wildman–Crippen LogP) is 0.844. The average Bonchev–Trinajstić information content (AvgIpc) is 2.29. The number of anilines is 1. The molecule has 1 aliphatic rings. The number of rotatable bonds is 2. The van der Waals surface area contributed by atoms with Crippen LogP contribution in [0, 0.1) is 0 Å². The summed E-state index contributed by atoms with van der Waals surface area (Å²) in [6.45, 7) is 2.41. The van der Waals surface area contributed by atoms with E-state index in [4.69, 9.17) is 5.73 Å². The standard InChI is InChI=1S/C11H14BrN3O/c12-9-2-1-8(6-13)10(5-9)15-4-3-14-11(16)7-15/h1-2,5H,3-4,6-7,13H2,(H,14,16). The van der Waals surface area contributed by atoms with Crippen LogP contribution < -0.4 is 16.0 Å². The first-order valence-corrected chi connectivity index (χ1v) is 6.00. The molecule has 4 nitrogen and oxygen atoms in total. The molecule has 1 fully saturated rings. The lowest BCUT2D eigenvalue weighted by atomic mass is 10.1. The summed E-state index contributed by atoms with van der Waals surface area (Å²) in [5.74, 6) is 0.0641. The van der Waals surface area contributed by atoms with E-state index in [1.165, 1.54) is 0 Å². The molecule has 1 aromatic carbocycles. The first-order valence-electron chi connectivity index (χ1n) is 5.21. The molecule has 1 aliphatic heterocycles. The second-order valence-electron chi connectivity index (χ2n) is 3.75. The Labute approximate surface area is 103 Å². The summed E-state index contributed by atoms with van der Waals surface area (Å²) in [5.41, 5.74) is 7.81. The number of piperazine rings is 1. The molecule has 2 rings (SSSR count). The van der Waals surface area contributed by atoms with Crippen LogP contribution in [0.5, 0.6) is 0 Å². The highest BCUT2D eigenvalue weighted by Gasteiger charge is 2.18. The highest BCUT2D eigenvalue weighted by molar-refractivity contribution is 9.10. The van der Waals surface area contributed by atoms with Gasteiger partial charge in [-0.3, -0.25) is 4.79 Å². The molecule has 0 atom stereocenters. The predicted molar refractivity (Wildman–Crippen MR) is 67.3 cm³/mol. The molecule has 0 unspecified atom stereocenters. The van der Waals surface area contributed by atoms with E-state index in [0.717, 1.165) is 22.3 Å². The molecule has 0 spiro atoms. The molecule has 1 saturated heterocycles. The molecule has 0 saturated carbocycles. The summed E-state index contributed by atoms with van der Waals surface area (Å²) in [4.78, 5) is 13.4. The minimum atomic E-state index is 0.0641. The summed E-state index contributed by atoms with van der Waals surface area (Å²) in [5, 5.41) is 2.81. The lowest BCUT2D eigenvalue weighted by molar-refractivity contribution is -0.120. The van der Waals surface area contributed by atoms with E-state index in [1.54, 1.807) is 0 Å². The minimum Gasteiger partial charge on any atom is -0.360 e.